The van der Waals surface area contributed by atoms with Gasteiger partial charge >= 0.3 is 0 Å². The van der Waals surface area contributed by atoms with Gasteiger partial charge in [-0.25, -0.2) is 14.5 Å². The summed E-state index contributed by atoms with van der Waals surface area (Å²) in [5.41, 5.74) is 1.58. The van der Waals surface area contributed by atoms with Crippen LogP contribution in [0.25, 0.3) is 16.7 Å². The Morgan fingerprint density at radius 3 is 3.27 bits per heavy atom. The van der Waals surface area contributed by atoms with Crippen molar-refractivity contribution in [2.75, 3.05) is 26.2 Å². The quantitative estimate of drug-likeness (QED) is 0.732. The molecular formula is C14H18N8. The molecule has 0 aliphatic carbocycles. The van der Waals surface area contributed by atoms with Crippen LogP contribution in [0.3, 0.4) is 0 Å². The topological polar surface area (TPSA) is 78.2 Å². The van der Waals surface area contributed by atoms with E-state index in [-0.39, 0.29) is 0 Å². The van der Waals surface area contributed by atoms with Crippen LogP contribution in [0.4, 0.5) is 0 Å². The van der Waals surface area contributed by atoms with E-state index in [4.69, 9.17) is 0 Å². The maximum absolute atomic E-state index is 4.69. The monoisotopic (exact) mass is 298 g/mol. The van der Waals surface area contributed by atoms with E-state index in [0.717, 1.165) is 48.2 Å². The van der Waals surface area contributed by atoms with Crippen molar-refractivity contribution in [3.05, 3.63) is 18.3 Å². The van der Waals surface area contributed by atoms with Crippen molar-refractivity contribution in [1.82, 2.24) is 39.6 Å². The fourth-order valence-corrected chi connectivity index (χ4v) is 3.75. The number of piperazine rings is 1. The summed E-state index contributed by atoms with van der Waals surface area (Å²) in [6.45, 7) is 5.49. The van der Waals surface area contributed by atoms with E-state index in [9.17, 15) is 0 Å². The first kappa shape index (κ1) is 12.5. The van der Waals surface area contributed by atoms with Crippen LogP contribution >= 0.6 is 0 Å². The average molecular weight is 298 g/mol. The second-order valence-corrected chi connectivity index (χ2v) is 6.24. The zero-order chi connectivity index (χ0) is 14.5. The first-order chi connectivity index (χ1) is 10.9. The summed E-state index contributed by atoms with van der Waals surface area (Å²) in [6.07, 6.45) is 6.12. The molecule has 8 heteroatoms. The summed E-state index contributed by atoms with van der Waals surface area (Å²) in [7, 11) is 0. The van der Waals surface area contributed by atoms with Gasteiger partial charge in [-0.15, -0.1) is 5.10 Å². The van der Waals surface area contributed by atoms with E-state index >= 15 is 0 Å². The predicted molar refractivity (Wildman–Crippen MR) is 80.3 cm³/mol. The van der Waals surface area contributed by atoms with Crippen LogP contribution in [-0.2, 0) is 6.54 Å². The highest BCUT2D eigenvalue weighted by Gasteiger charge is 2.30. The molecule has 8 nitrogen and oxygen atoms in total. The molecule has 1 N–H and O–H groups in total. The number of hydrogen-bond acceptors (Lipinski definition) is 6. The smallest absolute Gasteiger partial charge is 0.170 e. The molecule has 5 rings (SSSR count). The Balaban J connectivity index is 1.42. The summed E-state index contributed by atoms with van der Waals surface area (Å²) in [5, 5.41) is 12.4. The number of nitrogens with one attached hydrogen (secondary N) is 1. The standard InChI is InChI=1S/C14H18N8/c1-2-10-7-20(4-5-21(10)3-1)8-12-17-14-11-6-16-18-13(11)15-9-22(14)19-12/h6,9-10H,1-5,7-8H2,(H,16,18). The highest BCUT2D eigenvalue weighted by atomic mass is 15.3. The third-order valence-electron chi connectivity index (χ3n) is 4.87. The Bertz CT molecular complexity index is 821. The molecule has 1 atom stereocenters. The van der Waals surface area contributed by atoms with Gasteiger partial charge in [0, 0.05) is 25.7 Å². The third-order valence-corrected chi connectivity index (χ3v) is 4.87. The fraction of sp³-hybridized carbons (Fsp3) is 0.571. The lowest BCUT2D eigenvalue weighted by Gasteiger charge is -2.36. The molecule has 2 fully saturated rings. The minimum absolute atomic E-state index is 0.730. The molecule has 5 heterocycles. The van der Waals surface area contributed by atoms with Gasteiger partial charge < -0.3 is 0 Å². The molecule has 114 valence electrons. The number of aromatic amines is 1. The minimum atomic E-state index is 0.730. The van der Waals surface area contributed by atoms with Gasteiger partial charge in [0.05, 0.1) is 18.1 Å². The summed E-state index contributed by atoms with van der Waals surface area (Å²) >= 11 is 0. The number of fused-ring (bicyclic) bond motifs is 4. The van der Waals surface area contributed by atoms with Crippen LogP contribution in [0, 0.1) is 0 Å². The van der Waals surface area contributed by atoms with Gasteiger partial charge in [0.2, 0.25) is 0 Å². The van der Waals surface area contributed by atoms with E-state index in [2.05, 4.69) is 35.1 Å². The molecule has 0 radical (unpaired) electrons. The van der Waals surface area contributed by atoms with Crippen LogP contribution in [0.2, 0.25) is 0 Å². The number of aromatic nitrogens is 6. The van der Waals surface area contributed by atoms with Crippen LogP contribution in [0.1, 0.15) is 18.7 Å². The lowest BCUT2D eigenvalue weighted by atomic mass is 10.1. The van der Waals surface area contributed by atoms with Gasteiger partial charge in [0.15, 0.2) is 17.1 Å². The molecule has 3 aromatic heterocycles. The van der Waals surface area contributed by atoms with Crippen LogP contribution in [-0.4, -0.2) is 71.8 Å². The van der Waals surface area contributed by atoms with E-state index in [1.807, 2.05) is 0 Å². The third kappa shape index (κ3) is 1.91. The van der Waals surface area contributed by atoms with Crippen molar-refractivity contribution in [1.29, 1.82) is 0 Å². The van der Waals surface area contributed by atoms with Crippen molar-refractivity contribution in [2.45, 2.75) is 25.4 Å². The summed E-state index contributed by atoms with van der Waals surface area (Å²) in [5.74, 6) is 0.863. The number of rotatable bonds is 2. The van der Waals surface area contributed by atoms with Crippen LogP contribution < -0.4 is 0 Å². The van der Waals surface area contributed by atoms with Crippen molar-refractivity contribution < 1.29 is 0 Å². The maximum Gasteiger partial charge on any atom is 0.170 e. The minimum Gasteiger partial charge on any atom is -0.298 e. The molecule has 2 saturated heterocycles. The van der Waals surface area contributed by atoms with E-state index < -0.39 is 0 Å². The highest BCUT2D eigenvalue weighted by molar-refractivity contribution is 5.87. The van der Waals surface area contributed by atoms with Gasteiger partial charge in [0.1, 0.15) is 6.33 Å². The molecule has 22 heavy (non-hydrogen) atoms. The first-order valence-electron chi connectivity index (χ1n) is 7.86. The zero-order valence-electron chi connectivity index (χ0n) is 12.3. The van der Waals surface area contributed by atoms with Crippen LogP contribution in [0.15, 0.2) is 12.5 Å². The average Bonchev–Trinajstić information content (AvgIpc) is 3.24. The Hall–Kier alpha value is -2.06. The Morgan fingerprint density at radius 1 is 1.27 bits per heavy atom. The van der Waals surface area contributed by atoms with Gasteiger partial charge in [-0.3, -0.25) is 14.9 Å². The van der Waals surface area contributed by atoms with Gasteiger partial charge in [0.25, 0.3) is 0 Å². The maximum atomic E-state index is 4.69. The van der Waals surface area contributed by atoms with Gasteiger partial charge in [-0.1, -0.05) is 0 Å². The first-order valence-corrected chi connectivity index (χ1v) is 7.86. The largest absolute Gasteiger partial charge is 0.298 e. The Kier molecular flexibility index (Phi) is 2.68. The molecule has 0 amide bonds. The van der Waals surface area contributed by atoms with Gasteiger partial charge in [-0.05, 0) is 19.4 Å². The lowest BCUT2D eigenvalue weighted by molar-refractivity contribution is 0.0975. The SMILES string of the molecule is c1n[nH]c2ncn3nc(CN4CCN5CCCC5C4)nc3c12. The predicted octanol–water partition coefficient (Wildman–Crippen LogP) is 0.281. The molecule has 0 spiro atoms. The number of nitrogens with zero attached hydrogens (tertiary/aromatic N) is 7. The Morgan fingerprint density at radius 2 is 2.27 bits per heavy atom. The summed E-state index contributed by atoms with van der Waals surface area (Å²) in [4.78, 5) is 14.1. The van der Waals surface area contributed by atoms with Crippen molar-refractivity contribution in [3.63, 3.8) is 0 Å². The highest BCUT2D eigenvalue weighted by Crippen LogP contribution is 2.22. The van der Waals surface area contributed by atoms with Crippen molar-refractivity contribution in [2.24, 2.45) is 0 Å². The van der Waals surface area contributed by atoms with E-state index in [0.29, 0.717) is 0 Å². The second-order valence-electron chi connectivity index (χ2n) is 6.24. The molecule has 3 aromatic rings. The summed E-state index contributed by atoms with van der Waals surface area (Å²) in [6, 6.07) is 0.730. The molecule has 1 unspecified atom stereocenters. The molecule has 0 saturated carbocycles. The van der Waals surface area contributed by atoms with E-state index in [1.54, 1.807) is 17.0 Å². The van der Waals surface area contributed by atoms with E-state index in [1.165, 1.54) is 25.9 Å². The molecular weight excluding hydrogens is 280 g/mol. The van der Waals surface area contributed by atoms with Crippen molar-refractivity contribution in [3.8, 4) is 0 Å². The Labute approximate surface area is 127 Å². The normalized spacial score (nSPS) is 23.5. The summed E-state index contributed by atoms with van der Waals surface area (Å²) < 4.78 is 1.75. The van der Waals surface area contributed by atoms with Crippen LogP contribution in [0.5, 0.6) is 0 Å². The van der Waals surface area contributed by atoms with Crippen molar-refractivity contribution >= 4 is 16.7 Å². The molecule has 0 bridgehead atoms. The molecule has 2 aliphatic rings. The zero-order valence-corrected chi connectivity index (χ0v) is 12.3. The number of hydrogen-bond donors (Lipinski definition) is 1. The number of H-pyrrole nitrogens is 1. The second kappa shape index (κ2) is 4.72. The lowest BCUT2D eigenvalue weighted by Crippen LogP contribution is -2.49. The molecule has 0 aromatic carbocycles. The fourth-order valence-electron chi connectivity index (χ4n) is 3.75. The van der Waals surface area contributed by atoms with Gasteiger partial charge in [-0.2, -0.15) is 5.10 Å². The molecule has 2 aliphatic heterocycles.